The maximum Gasteiger partial charge on any atom is 0.337 e. The molecule has 190 valence electrons. The number of carbonyl (C=O) groups excluding carboxylic acids is 1. The molecule has 0 aliphatic carbocycles. The van der Waals surface area contributed by atoms with Crippen molar-refractivity contribution in [2.45, 2.75) is 0 Å². The smallest absolute Gasteiger partial charge is 0.337 e. The SMILES string of the molecule is O=C(O)c1ccc(C(=O)c2ccc(C(=O)O)cc2)cc1.O=C(O)c1cccc(-c2ccccc2)c1C(=O)O. The summed E-state index contributed by atoms with van der Waals surface area (Å²) >= 11 is 0. The van der Waals surface area contributed by atoms with Crippen LogP contribution >= 0.6 is 0 Å². The van der Waals surface area contributed by atoms with E-state index in [1.54, 1.807) is 30.3 Å². The van der Waals surface area contributed by atoms with E-state index in [0.717, 1.165) is 0 Å². The molecule has 38 heavy (non-hydrogen) atoms. The molecule has 0 saturated heterocycles. The zero-order valence-corrected chi connectivity index (χ0v) is 19.6. The van der Waals surface area contributed by atoms with Gasteiger partial charge in [0, 0.05) is 11.1 Å². The molecular formula is C29H20O9. The summed E-state index contributed by atoms with van der Waals surface area (Å²) in [5.41, 5.74) is 1.59. The predicted molar refractivity (Wildman–Crippen MR) is 136 cm³/mol. The van der Waals surface area contributed by atoms with Gasteiger partial charge in [0.15, 0.2) is 5.78 Å². The first kappa shape index (κ1) is 27.0. The average molecular weight is 512 g/mol. The Bertz CT molecular complexity index is 1440. The Labute approximate surface area is 215 Å². The molecule has 4 N–H and O–H groups in total. The Balaban J connectivity index is 0.000000212. The van der Waals surface area contributed by atoms with Gasteiger partial charge in [0.1, 0.15) is 0 Å². The third-order valence-electron chi connectivity index (χ3n) is 5.38. The minimum Gasteiger partial charge on any atom is -0.478 e. The number of carboxylic acid groups (broad SMARTS) is 4. The standard InChI is InChI=1S/C15H10O5.C14H10O4/c16-13(9-1-5-11(6-2-9)14(17)18)10-3-7-12(8-4-10)15(19)20;15-13(16)11-8-4-7-10(12(11)14(17)18)9-5-2-1-3-6-9/h1-8H,(H,17,18)(H,19,20);1-8H,(H,15,16)(H,17,18). The summed E-state index contributed by atoms with van der Waals surface area (Å²) in [4.78, 5) is 55.8. The molecule has 0 radical (unpaired) electrons. The van der Waals surface area contributed by atoms with Gasteiger partial charge in [-0.1, -0.05) is 66.7 Å². The number of aromatic carboxylic acids is 4. The molecule has 0 aliphatic rings. The third kappa shape index (κ3) is 6.35. The van der Waals surface area contributed by atoms with Crippen LogP contribution < -0.4 is 0 Å². The lowest BCUT2D eigenvalue weighted by Crippen LogP contribution is -2.09. The molecule has 4 rings (SSSR count). The van der Waals surface area contributed by atoms with Gasteiger partial charge in [-0.25, -0.2) is 19.2 Å². The number of rotatable bonds is 7. The molecule has 0 unspecified atom stereocenters. The van der Waals surface area contributed by atoms with Crippen LogP contribution in [0.15, 0.2) is 97.1 Å². The highest BCUT2D eigenvalue weighted by molar-refractivity contribution is 6.09. The molecule has 0 fully saturated rings. The Kier molecular flexibility index (Phi) is 8.47. The van der Waals surface area contributed by atoms with E-state index in [9.17, 15) is 29.1 Å². The molecule has 0 amide bonds. The first-order valence-electron chi connectivity index (χ1n) is 11.0. The second-order valence-corrected chi connectivity index (χ2v) is 7.80. The minimum absolute atomic E-state index is 0.0998. The Morgan fingerprint density at radius 2 is 0.868 bits per heavy atom. The highest BCUT2D eigenvalue weighted by Gasteiger charge is 2.20. The van der Waals surface area contributed by atoms with E-state index in [4.69, 9.17) is 15.3 Å². The monoisotopic (exact) mass is 512 g/mol. The molecule has 0 spiro atoms. The van der Waals surface area contributed by atoms with E-state index in [1.165, 1.54) is 60.7 Å². The van der Waals surface area contributed by atoms with E-state index >= 15 is 0 Å². The van der Waals surface area contributed by atoms with Gasteiger partial charge in [-0.3, -0.25) is 4.79 Å². The Hall–Kier alpha value is -5.57. The fourth-order valence-electron chi connectivity index (χ4n) is 3.51. The second kappa shape index (κ2) is 11.9. The van der Waals surface area contributed by atoms with Crippen molar-refractivity contribution in [1.82, 2.24) is 0 Å². The van der Waals surface area contributed by atoms with Crippen molar-refractivity contribution in [3.63, 3.8) is 0 Å². The van der Waals surface area contributed by atoms with Gasteiger partial charge in [0.05, 0.1) is 22.3 Å². The minimum atomic E-state index is -1.25. The number of hydrogen-bond donors (Lipinski definition) is 4. The predicted octanol–water partition coefficient (Wildman–Crippen LogP) is 5.06. The first-order valence-corrected chi connectivity index (χ1v) is 11.0. The molecule has 0 saturated carbocycles. The summed E-state index contributed by atoms with van der Waals surface area (Å²) in [6.07, 6.45) is 0. The molecule has 4 aromatic rings. The van der Waals surface area contributed by atoms with Gasteiger partial charge in [-0.2, -0.15) is 0 Å². The van der Waals surface area contributed by atoms with Gasteiger partial charge >= 0.3 is 23.9 Å². The fraction of sp³-hybridized carbons (Fsp3) is 0. The lowest BCUT2D eigenvalue weighted by atomic mass is 9.95. The molecule has 9 nitrogen and oxygen atoms in total. The number of ketones is 1. The fourth-order valence-corrected chi connectivity index (χ4v) is 3.51. The summed E-state index contributed by atoms with van der Waals surface area (Å²) in [6.45, 7) is 0. The van der Waals surface area contributed by atoms with Crippen molar-refractivity contribution in [2.24, 2.45) is 0 Å². The van der Waals surface area contributed by atoms with Crippen LogP contribution in [0, 0.1) is 0 Å². The number of benzene rings is 4. The van der Waals surface area contributed by atoms with Crippen molar-refractivity contribution in [3.8, 4) is 11.1 Å². The zero-order chi connectivity index (χ0) is 27.8. The molecule has 9 heteroatoms. The average Bonchev–Trinajstić information content (AvgIpc) is 2.93. The van der Waals surface area contributed by atoms with Crippen molar-refractivity contribution in [2.75, 3.05) is 0 Å². The quantitative estimate of drug-likeness (QED) is 0.247. The van der Waals surface area contributed by atoms with Crippen molar-refractivity contribution in [1.29, 1.82) is 0 Å². The first-order chi connectivity index (χ1) is 18.1. The van der Waals surface area contributed by atoms with Crippen molar-refractivity contribution in [3.05, 3.63) is 130 Å². The molecule has 0 atom stereocenters. The van der Waals surface area contributed by atoms with Crippen LogP contribution in [-0.2, 0) is 0 Å². The third-order valence-corrected chi connectivity index (χ3v) is 5.38. The van der Waals surface area contributed by atoms with Crippen LogP contribution in [0.1, 0.15) is 57.4 Å². The van der Waals surface area contributed by atoms with E-state index in [0.29, 0.717) is 22.3 Å². The van der Waals surface area contributed by atoms with E-state index in [2.05, 4.69) is 0 Å². The molecule has 0 aliphatic heterocycles. The summed E-state index contributed by atoms with van der Waals surface area (Å²) in [7, 11) is 0. The molecule has 0 bridgehead atoms. The van der Waals surface area contributed by atoms with Crippen molar-refractivity contribution >= 4 is 29.7 Å². The highest BCUT2D eigenvalue weighted by Crippen LogP contribution is 2.26. The lowest BCUT2D eigenvalue weighted by molar-refractivity contribution is 0.0652. The largest absolute Gasteiger partial charge is 0.478 e. The summed E-state index contributed by atoms with van der Waals surface area (Å²) in [5, 5.41) is 35.8. The maximum atomic E-state index is 12.1. The van der Waals surface area contributed by atoms with Crippen LogP contribution in [-0.4, -0.2) is 50.1 Å². The van der Waals surface area contributed by atoms with Gasteiger partial charge in [0.25, 0.3) is 0 Å². The normalized spacial score (nSPS) is 10.0. The summed E-state index contributed by atoms with van der Waals surface area (Å²) in [6, 6.07) is 24.4. The van der Waals surface area contributed by atoms with Crippen LogP contribution in [0.25, 0.3) is 11.1 Å². The van der Waals surface area contributed by atoms with E-state index in [-0.39, 0.29) is 28.0 Å². The highest BCUT2D eigenvalue weighted by atomic mass is 16.4. The van der Waals surface area contributed by atoms with Gasteiger partial charge in [-0.15, -0.1) is 0 Å². The van der Waals surface area contributed by atoms with Crippen LogP contribution in [0.3, 0.4) is 0 Å². The number of carbonyl (C=O) groups is 5. The molecule has 0 heterocycles. The molecular weight excluding hydrogens is 492 g/mol. The molecule has 4 aromatic carbocycles. The van der Waals surface area contributed by atoms with Gasteiger partial charge in [0.2, 0.25) is 0 Å². The van der Waals surface area contributed by atoms with Crippen LogP contribution in [0.5, 0.6) is 0 Å². The summed E-state index contributed by atoms with van der Waals surface area (Å²) < 4.78 is 0. The van der Waals surface area contributed by atoms with Crippen LogP contribution in [0.2, 0.25) is 0 Å². The van der Waals surface area contributed by atoms with Crippen molar-refractivity contribution < 1.29 is 44.4 Å². The number of hydrogen-bond acceptors (Lipinski definition) is 5. The second-order valence-electron chi connectivity index (χ2n) is 7.80. The summed E-state index contributed by atoms with van der Waals surface area (Å²) in [5.74, 6) is -4.90. The van der Waals surface area contributed by atoms with Gasteiger partial charge in [-0.05, 0) is 41.5 Å². The zero-order valence-electron chi connectivity index (χ0n) is 19.6. The van der Waals surface area contributed by atoms with Gasteiger partial charge < -0.3 is 20.4 Å². The Morgan fingerprint density at radius 1 is 0.421 bits per heavy atom. The molecule has 0 aromatic heterocycles. The van der Waals surface area contributed by atoms with Crippen LogP contribution in [0.4, 0.5) is 0 Å². The maximum absolute atomic E-state index is 12.1. The lowest BCUT2D eigenvalue weighted by Gasteiger charge is -2.08. The van der Waals surface area contributed by atoms with E-state index in [1.807, 2.05) is 6.07 Å². The number of carboxylic acids is 4. The van der Waals surface area contributed by atoms with E-state index < -0.39 is 23.9 Å². The topological polar surface area (TPSA) is 166 Å². The Morgan fingerprint density at radius 3 is 1.26 bits per heavy atom.